The van der Waals surface area contributed by atoms with Crippen molar-refractivity contribution in [2.45, 2.75) is 39.3 Å². The maximum atomic E-state index is 6.04. The van der Waals surface area contributed by atoms with Crippen molar-refractivity contribution in [2.24, 2.45) is 11.7 Å². The minimum absolute atomic E-state index is 0.408. The molecule has 0 saturated carbocycles. The van der Waals surface area contributed by atoms with Crippen LogP contribution in [-0.2, 0) is 13.0 Å². The van der Waals surface area contributed by atoms with E-state index in [1.165, 1.54) is 9.75 Å². The van der Waals surface area contributed by atoms with Crippen molar-refractivity contribution in [3.63, 3.8) is 0 Å². The van der Waals surface area contributed by atoms with Gasteiger partial charge in [-0.05, 0) is 30.9 Å². The minimum Gasteiger partial charge on any atom is -0.327 e. The topological polar surface area (TPSA) is 29.3 Å². The Morgan fingerprint density at radius 3 is 2.81 bits per heavy atom. The molecule has 2 nitrogen and oxygen atoms in total. The van der Waals surface area contributed by atoms with Gasteiger partial charge in [-0.15, -0.1) is 11.3 Å². The van der Waals surface area contributed by atoms with Gasteiger partial charge in [0.1, 0.15) is 0 Å². The van der Waals surface area contributed by atoms with Gasteiger partial charge in [0.05, 0.1) is 0 Å². The summed E-state index contributed by atoms with van der Waals surface area (Å²) >= 11 is 1.96. The Morgan fingerprint density at radius 1 is 1.44 bits per heavy atom. The van der Waals surface area contributed by atoms with Gasteiger partial charge in [0.25, 0.3) is 0 Å². The Bertz CT molecular complexity index is 334. The van der Waals surface area contributed by atoms with Crippen LogP contribution in [0.25, 0.3) is 0 Å². The average molecular weight is 238 g/mol. The lowest BCUT2D eigenvalue weighted by molar-refractivity contribution is 0.159. The summed E-state index contributed by atoms with van der Waals surface area (Å²) in [6, 6.07) is 4.95. The monoisotopic (exact) mass is 238 g/mol. The fourth-order valence-corrected chi connectivity index (χ4v) is 3.31. The van der Waals surface area contributed by atoms with Crippen LogP contribution in [-0.4, -0.2) is 24.0 Å². The van der Waals surface area contributed by atoms with Crippen LogP contribution in [0.15, 0.2) is 12.1 Å². The highest BCUT2D eigenvalue weighted by molar-refractivity contribution is 7.11. The third-order valence-corrected chi connectivity index (χ3v) is 4.72. The quantitative estimate of drug-likeness (QED) is 0.876. The Labute approximate surface area is 102 Å². The molecular weight excluding hydrogens is 216 g/mol. The molecule has 2 N–H and O–H groups in total. The number of nitrogens with zero attached hydrogens (tertiary/aromatic N) is 1. The normalized spacial score (nSPS) is 27.2. The van der Waals surface area contributed by atoms with Crippen LogP contribution in [0.3, 0.4) is 0 Å². The molecule has 1 fully saturated rings. The zero-order chi connectivity index (χ0) is 11.5. The van der Waals surface area contributed by atoms with Gasteiger partial charge < -0.3 is 5.73 Å². The zero-order valence-corrected chi connectivity index (χ0v) is 11.1. The minimum atomic E-state index is 0.408. The van der Waals surface area contributed by atoms with E-state index in [0.717, 1.165) is 32.5 Å². The lowest BCUT2D eigenvalue weighted by Crippen LogP contribution is -2.45. The standard InChI is InChI=1S/C13H22N2S/c1-3-11-4-5-12(16-11)9-15-7-6-13(14)10(2)8-15/h4-5,10,13H,3,6-9,14H2,1-2H3. The van der Waals surface area contributed by atoms with Crippen LogP contribution in [0.2, 0.25) is 0 Å². The number of rotatable bonds is 3. The molecule has 16 heavy (non-hydrogen) atoms. The summed E-state index contributed by atoms with van der Waals surface area (Å²) in [5.41, 5.74) is 6.04. The highest BCUT2D eigenvalue weighted by Gasteiger charge is 2.23. The number of hydrogen-bond acceptors (Lipinski definition) is 3. The largest absolute Gasteiger partial charge is 0.327 e. The Balaban J connectivity index is 1.90. The van der Waals surface area contributed by atoms with Crippen LogP contribution in [0.5, 0.6) is 0 Å². The van der Waals surface area contributed by atoms with Crippen molar-refractivity contribution in [3.05, 3.63) is 21.9 Å². The van der Waals surface area contributed by atoms with Gasteiger partial charge in [-0.2, -0.15) is 0 Å². The van der Waals surface area contributed by atoms with E-state index < -0.39 is 0 Å². The highest BCUT2D eigenvalue weighted by Crippen LogP contribution is 2.22. The first-order valence-corrected chi connectivity index (χ1v) is 7.06. The van der Waals surface area contributed by atoms with Crippen LogP contribution in [0, 0.1) is 5.92 Å². The third-order valence-electron chi connectivity index (χ3n) is 3.50. The number of thiophene rings is 1. The van der Waals surface area contributed by atoms with Crippen molar-refractivity contribution in [1.29, 1.82) is 0 Å². The molecule has 0 radical (unpaired) electrons. The van der Waals surface area contributed by atoms with Crippen molar-refractivity contribution in [2.75, 3.05) is 13.1 Å². The van der Waals surface area contributed by atoms with Gasteiger partial charge in [0.15, 0.2) is 0 Å². The summed E-state index contributed by atoms with van der Waals surface area (Å²) in [5, 5.41) is 0. The molecule has 90 valence electrons. The summed E-state index contributed by atoms with van der Waals surface area (Å²) in [4.78, 5) is 5.54. The number of piperidine rings is 1. The Morgan fingerprint density at radius 2 is 2.19 bits per heavy atom. The molecule has 2 unspecified atom stereocenters. The fraction of sp³-hybridized carbons (Fsp3) is 0.692. The molecule has 1 aromatic rings. The second-order valence-electron chi connectivity index (χ2n) is 4.89. The summed E-state index contributed by atoms with van der Waals surface area (Å²) in [6.45, 7) is 7.91. The Hall–Kier alpha value is -0.380. The lowest BCUT2D eigenvalue weighted by Gasteiger charge is -2.34. The van der Waals surface area contributed by atoms with E-state index >= 15 is 0 Å². The maximum Gasteiger partial charge on any atom is 0.0328 e. The maximum absolute atomic E-state index is 6.04. The van der Waals surface area contributed by atoms with Crippen LogP contribution < -0.4 is 5.73 Å². The van der Waals surface area contributed by atoms with E-state index in [1.807, 2.05) is 11.3 Å². The molecule has 3 heteroatoms. The molecular formula is C13H22N2S. The molecule has 1 aliphatic heterocycles. The van der Waals surface area contributed by atoms with Crippen molar-refractivity contribution >= 4 is 11.3 Å². The molecule has 1 aromatic heterocycles. The second kappa shape index (κ2) is 5.30. The van der Waals surface area contributed by atoms with Crippen LogP contribution in [0.4, 0.5) is 0 Å². The van der Waals surface area contributed by atoms with Gasteiger partial charge in [0, 0.05) is 35.4 Å². The Kier molecular flexibility index (Phi) is 4.00. The van der Waals surface area contributed by atoms with Gasteiger partial charge in [-0.1, -0.05) is 13.8 Å². The summed E-state index contributed by atoms with van der Waals surface area (Å²) < 4.78 is 0. The summed E-state index contributed by atoms with van der Waals surface area (Å²) in [6.07, 6.45) is 2.30. The van der Waals surface area contributed by atoms with Gasteiger partial charge in [0.2, 0.25) is 0 Å². The smallest absolute Gasteiger partial charge is 0.0328 e. The molecule has 0 aromatic carbocycles. The van der Waals surface area contributed by atoms with Crippen LogP contribution in [0.1, 0.15) is 30.0 Å². The van der Waals surface area contributed by atoms with E-state index in [-0.39, 0.29) is 0 Å². The first-order chi connectivity index (χ1) is 7.69. The SMILES string of the molecule is CCc1ccc(CN2CCC(N)C(C)C2)s1. The second-order valence-corrected chi connectivity index (χ2v) is 6.14. The average Bonchev–Trinajstić information content (AvgIpc) is 2.71. The predicted molar refractivity (Wildman–Crippen MR) is 70.7 cm³/mol. The van der Waals surface area contributed by atoms with E-state index in [4.69, 9.17) is 5.73 Å². The van der Waals surface area contributed by atoms with Gasteiger partial charge in [-0.3, -0.25) is 4.90 Å². The fourth-order valence-electron chi connectivity index (χ4n) is 2.31. The van der Waals surface area contributed by atoms with E-state index in [9.17, 15) is 0 Å². The molecule has 0 bridgehead atoms. The van der Waals surface area contributed by atoms with Crippen molar-refractivity contribution in [3.8, 4) is 0 Å². The molecule has 2 rings (SSSR count). The van der Waals surface area contributed by atoms with Gasteiger partial charge in [-0.25, -0.2) is 0 Å². The molecule has 2 heterocycles. The summed E-state index contributed by atoms with van der Waals surface area (Å²) in [5.74, 6) is 0.638. The molecule has 0 spiro atoms. The predicted octanol–water partition coefficient (Wildman–Crippen LogP) is 2.48. The highest BCUT2D eigenvalue weighted by atomic mass is 32.1. The molecule has 0 aliphatic carbocycles. The zero-order valence-electron chi connectivity index (χ0n) is 10.3. The number of aryl methyl sites for hydroxylation is 1. The van der Waals surface area contributed by atoms with E-state index in [2.05, 4.69) is 30.9 Å². The summed E-state index contributed by atoms with van der Waals surface area (Å²) in [7, 11) is 0. The molecule has 1 saturated heterocycles. The lowest BCUT2D eigenvalue weighted by atomic mass is 9.95. The molecule has 0 amide bonds. The van der Waals surface area contributed by atoms with E-state index in [1.54, 1.807) is 0 Å². The van der Waals surface area contributed by atoms with Crippen LogP contribution >= 0.6 is 11.3 Å². The molecule has 2 atom stereocenters. The van der Waals surface area contributed by atoms with Crippen molar-refractivity contribution < 1.29 is 0 Å². The third kappa shape index (κ3) is 2.84. The molecule has 1 aliphatic rings. The van der Waals surface area contributed by atoms with Gasteiger partial charge >= 0.3 is 0 Å². The first kappa shape index (κ1) is 12.1. The number of nitrogens with two attached hydrogens (primary N) is 1. The number of hydrogen-bond donors (Lipinski definition) is 1. The van der Waals surface area contributed by atoms with Crippen molar-refractivity contribution in [1.82, 2.24) is 4.90 Å². The number of likely N-dealkylation sites (tertiary alicyclic amines) is 1. The van der Waals surface area contributed by atoms with E-state index in [0.29, 0.717) is 12.0 Å². The first-order valence-electron chi connectivity index (χ1n) is 6.24.